The first-order valence-electron chi connectivity index (χ1n) is 5.94. The van der Waals surface area contributed by atoms with Crippen LogP contribution in [0.1, 0.15) is 11.1 Å². The number of benzene rings is 1. The van der Waals surface area contributed by atoms with Crippen molar-refractivity contribution in [3.63, 3.8) is 0 Å². The second kappa shape index (κ2) is 5.89. The quantitative estimate of drug-likeness (QED) is 0.521. The SMILES string of the molecule is COc1ccc(-c2c(C)cc(N=CS)cc2C)cn1. The smallest absolute Gasteiger partial charge is 0.212 e. The van der Waals surface area contributed by atoms with Crippen molar-refractivity contribution in [2.75, 3.05) is 7.11 Å². The lowest BCUT2D eigenvalue weighted by Gasteiger charge is -2.11. The fraction of sp³-hybridized carbons (Fsp3) is 0.200. The van der Waals surface area contributed by atoms with E-state index in [0.29, 0.717) is 5.88 Å². The predicted molar refractivity (Wildman–Crippen MR) is 82.8 cm³/mol. The maximum absolute atomic E-state index is 5.08. The minimum Gasteiger partial charge on any atom is -0.481 e. The Morgan fingerprint density at radius 3 is 2.37 bits per heavy atom. The third-order valence-electron chi connectivity index (χ3n) is 2.96. The van der Waals surface area contributed by atoms with Crippen LogP contribution in [0.25, 0.3) is 11.1 Å². The average molecular weight is 272 g/mol. The summed E-state index contributed by atoms with van der Waals surface area (Å²) in [6.45, 7) is 4.15. The van der Waals surface area contributed by atoms with Gasteiger partial charge in [-0.25, -0.2) is 4.98 Å². The van der Waals surface area contributed by atoms with E-state index in [4.69, 9.17) is 4.74 Å². The molecule has 2 rings (SSSR count). The zero-order valence-electron chi connectivity index (χ0n) is 11.2. The fourth-order valence-electron chi connectivity index (χ4n) is 2.19. The van der Waals surface area contributed by atoms with Crippen LogP contribution in [0, 0.1) is 13.8 Å². The molecule has 0 aliphatic heterocycles. The molecule has 0 N–H and O–H groups in total. The number of nitrogens with zero attached hydrogens (tertiary/aromatic N) is 2. The van der Waals surface area contributed by atoms with Crippen molar-refractivity contribution in [1.29, 1.82) is 0 Å². The van der Waals surface area contributed by atoms with Crippen LogP contribution < -0.4 is 4.74 Å². The molecular weight excluding hydrogens is 256 g/mol. The zero-order valence-corrected chi connectivity index (χ0v) is 12.1. The van der Waals surface area contributed by atoms with Gasteiger partial charge in [-0.15, -0.1) is 12.6 Å². The van der Waals surface area contributed by atoms with Gasteiger partial charge >= 0.3 is 0 Å². The molecule has 0 atom stereocenters. The summed E-state index contributed by atoms with van der Waals surface area (Å²) in [5, 5.41) is 0. The number of aromatic nitrogens is 1. The van der Waals surface area contributed by atoms with E-state index in [1.807, 2.05) is 30.5 Å². The van der Waals surface area contributed by atoms with Crippen LogP contribution >= 0.6 is 12.6 Å². The number of methoxy groups -OCH3 is 1. The third-order valence-corrected chi connectivity index (χ3v) is 3.07. The average Bonchev–Trinajstić information content (AvgIpc) is 2.39. The Balaban J connectivity index is 2.49. The molecule has 0 spiro atoms. The highest BCUT2D eigenvalue weighted by Gasteiger charge is 2.08. The normalized spacial score (nSPS) is 10.9. The summed E-state index contributed by atoms with van der Waals surface area (Å²) in [6.07, 6.45) is 1.83. The zero-order chi connectivity index (χ0) is 13.8. The van der Waals surface area contributed by atoms with Gasteiger partial charge in [-0.1, -0.05) is 0 Å². The van der Waals surface area contributed by atoms with E-state index < -0.39 is 0 Å². The van der Waals surface area contributed by atoms with Gasteiger partial charge in [0.05, 0.1) is 18.3 Å². The van der Waals surface area contributed by atoms with Crippen molar-refractivity contribution >= 4 is 23.9 Å². The molecule has 1 heterocycles. The van der Waals surface area contributed by atoms with E-state index in [2.05, 4.69) is 36.5 Å². The fourth-order valence-corrected chi connectivity index (χ4v) is 2.32. The highest BCUT2D eigenvalue weighted by atomic mass is 32.1. The largest absolute Gasteiger partial charge is 0.481 e. The molecule has 1 aromatic carbocycles. The van der Waals surface area contributed by atoms with Gasteiger partial charge in [0.2, 0.25) is 5.88 Å². The molecule has 0 bridgehead atoms. The minimum atomic E-state index is 0.621. The van der Waals surface area contributed by atoms with Gasteiger partial charge in [-0.05, 0) is 48.7 Å². The van der Waals surface area contributed by atoms with Gasteiger partial charge in [0.1, 0.15) is 0 Å². The topological polar surface area (TPSA) is 34.5 Å². The van der Waals surface area contributed by atoms with E-state index >= 15 is 0 Å². The first-order valence-corrected chi connectivity index (χ1v) is 6.45. The minimum absolute atomic E-state index is 0.621. The van der Waals surface area contributed by atoms with Crippen LogP contribution in [0.4, 0.5) is 5.69 Å². The number of thiol groups is 1. The first-order chi connectivity index (χ1) is 9.15. The van der Waals surface area contributed by atoms with E-state index in [-0.39, 0.29) is 0 Å². The molecule has 2 aromatic rings. The molecule has 3 nitrogen and oxygen atoms in total. The number of rotatable bonds is 3. The Morgan fingerprint density at radius 1 is 1.21 bits per heavy atom. The maximum Gasteiger partial charge on any atom is 0.212 e. The first kappa shape index (κ1) is 13.6. The Kier molecular flexibility index (Phi) is 4.22. The van der Waals surface area contributed by atoms with E-state index in [9.17, 15) is 0 Å². The van der Waals surface area contributed by atoms with Gasteiger partial charge in [-0.2, -0.15) is 0 Å². The Labute approximate surface area is 118 Å². The highest BCUT2D eigenvalue weighted by Crippen LogP contribution is 2.31. The molecule has 0 aliphatic carbocycles. The summed E-state index contributed by atoms with van der Waals surface area (Å²) in [7, 11) is 1.61. The molecule has 0 aliphatic rings. The summed E-state index contributed by atoms with van der Waals surface area (Å²) in [5.74, 6) is 0.621. The molecular formula is C15H16N2OS. The lowest BCUT2D eigenvalue weighted by molar-refractivity contribution is 0.398. The number of hydrogen-bond donors (Lipinski definition) is 1. The Hall–Kier alpha value is -1.81. The predicted octanol–water partition coefficient (Wildman–Crippen LogP) is 3.96. The highest BCUT2D eigenvalue weighted by molar-refractivity contribution is 7.94. The van der Waals surface area contributed by atoms with E-state index in [1.54, 1.807) is 7.11 Å². The van der Waals surface area contributed by atoms with Crippen LogP contribution in [0.2, 0.25) is 0 Å². The maximum atomic E-state index is 5.08. The summed E-state index contributed by atoms with van der Waals surface area (Å²) < 4.78 is 5.08. The second-order valence-corrected chi connectivity index (χ2v) is 4.52. The van der Waals surface area contributed by atoms with Crippen molar-refractivity contribution < 1.29 is 4.74 Å². The number of aliphatic imine (C=N–C) groups is 1. The van der Waals surface area contributed by atoms with Gasteiger partial charge < -0.3 is 4.74 Å². The molecule has 0 saturated heterocycles. The molecule has 19 heavy (non-hydrogen) atoms. The van der Waals surface area contributed by atoms with Gasteiger partial charge in [-0.3, -0.25) is 4.99 Å². The number of hydrogen-bond acceptors (Lipinski definition) is 3. The lowest BCUT2D eigenvalue weighted by atomic mass is 9.96. The molecule has 0 fully saturated rings. The Morgan fingerprint density at radius 2 is 1.89 bits per heavy atom. The van der Waals surface area contributed by atoms with Crippen molar-refractivity contribution in [2.24, 2.45) is 4.99 Å². The van der Waals surface area contributed by atoms with Gasteiger partial charge in [0, 0.05) is 17.8 Å². The van der Waals surface area contributed by atoms with Crippen molar-refractivity contribution in [2.45, 2.75) is 13.8 Å². The molecule has 0 saturated carbocycles. The standard InChI is InChI=1S/C15H16N2OS/c1-10-6-13(17-9-19)7-11(2)15(10)12-4-5-14(18-3)16-8-12/h4-9H,1-3H3,(H,17,19). The van der Waals surface area contributed by atoms with Crippen LogP contribution in [-0.4, -0.2) is 17.6 Å². The van der Waals surface area contributed by atoms with Crippen molar-refractivity contribution in [3.05, 3.63) is 41.6 Å². The third kappa shape index (κ3) is 2.96. The van der Waals surface area contributed by atoms with Crippen LogP contribution in [0.3, 0.4) is 0 Å². The van der Waals surface area contributed by atoms with Crippen molar-refractivity contribution in [3.8, 4) is 17.0 Å². The van der Waals surface area contributed by atoms with Crippen LogP contribution in [0.5, 0.6) is 5.88 Å². The molecule has 1 aromatic heterocycles. The molecule has 0 amide bonds. The summed E-state index contributed by atoms with van der Waals surface area (Å²) in [5.41, 5.74) is 7.02. The molecule has 0 unspecified atom stereocenters. The monoisotopic (exact) mass is 272 g/mol. The van der Waals surface area contributed by atoms with E-state index in [1.165, 1.54) is 22.2 Å². The van der Waals surface area contributed by atoms with E-state index in [0.717, 1.165) is 11.3 Å². The number of pyridine rings is 1. The number of aryl methyl sites for hydroxylation is 2. The van der Waals surface area contributed by atoms with Gasteiger partial charge in [0.15, 0.2) is 0 Å². The van der Waals surface area contributed by atoms with Crippen LogP contribution in [-0.2, 0) is 0 Å². The molecule has 98 valence electrons. The number of ether oxygens (including phenoxy) is 1. The second-order valence-electron chi connectivity index (χ2n) is 4.29. The van der Waals surface area contributed by atoms with Crippen molar-refractivity contribution in [1.82, 2.24) is 4.98 Å². The molecule has 4 heteroatoms. The van der Waals surface area contributed by atoms with Crippen LogP contribution in [0.15, 0.2) is 35.5 Å². The summed E-state index contributed by atoms with van der Waals surface area (Å²) >= 11 is 4.00. The summed E-state index contributed by atoms with van der Waals surface area (Å²) in [4.78, 5) is 8.44. The lowest BCUT2D eigenvalue weighted by Crippen LogP contribution is -1.91. The molecule has 0 radical (unpaired) electrons. The Bertz CT molecular complexity index is 583. The summed E-state index contributed by atoms with van der Waals surface area (Å²) in [6, 6.07) is 7.97. The van der Waals surface area contributed by atoms with Gasteiger partial charge in [0.25, 0.3) is 0 Å².